The standard InChI is InChI=1S/C12H22BrN3/c1-11(2)14-7-5-3-4-6-8-16-10-12(13)9-15-16/h9-11,14H,3-8H2,1-2H3. The highest BCUT2D eigenvalue weighted by atomic mass is 79.9. The van der Waals surface area contributed by atoms with Gasteiger partial charge in [-0.2, -0.15) is 5.10 Å². The van der Waals surface area contributed by atoms with Crippen molar-refractivity contribution in [3.8, 4) is 0 Å². The highest BCUT2D eigenvalue weighted by molar-refractivity contribution is 9.10. The SMILES string of the molecule is CC(C)NCCCCCCn1cc(Br)cn1. The van der Waals surface area contributed by atoms with Gasteiger partial charge >= 0.3 is 0 Å². The van der Waals surface area contributed by atoms with Crippen molar-refractivity contribution in [2.75, 3.05) is 6.54 Å². The fraction of sp³-hybridized carbons (Fsp3) is 0.750. The summed E-state index contributed by atoms with van der Waals surface area (Å²) in [6, 6.07) is 0.612. The van der Waals surface area contributed by atoms with Crippen LogP contribution in [0.1, 0.15) is 39.5 Å². The Morgan fingerprint density at radius 1 is 1.31 bits per heavy atom. The van der Waals surface area contributed by atoms with E-state index in [1.807, 2.05) is 17.1 Å². The summed E-state index contributed by atoms with van der Waals surface area (Å²) >= 11 is 3.40. The van der Waals surface area contributed by atoms with Crippen LogP contribution in [0.5, 0.6) is 0 Å². The number of unbranched alkanes of at least 4 members (excludes halogenated alkanes) is 3. The topological polar surface area (TPSA) is 29.9 Å². The molecule has 0 fully saturated rings. The van der Waals surface area contributed by atoms with E-state index in [2.05, 4.69) is 40.2 Å². The van der Waals surface area contributed by atoms with Crippen LogP contribution in [-0.4, -0.2) is 22.4 Å². The van der Waals surface area contributed by atoms with E-state index in [1.54, 1.807) is 0 Å². The van der Waals surface area contributed by atoms with Gasteiger partial charge in [0.2, 0.25) is 0 Å². The molecule has 0 saturated heterocycles. The average Bonchev–Trinajstić information content (AvgIpc) is 2.62. The number of aromatic nitrogens is 2. The van der Waals surface area contributed by atoms with E-state index >= 15 is 0 Å². The van der Waals surface area contributed by atoms with E-state index in [0.29, 0.717) is 6.04 Å². The van der Waals surface area contributed by atoms with Crippen molar-refractivity contribution in [3.05, 3.63) is 16.9 Å². The Balaban J connectivity index is 1.92. The third-order valence-electron chi connectivity index (χ3n) is 2.47. The molecule has 1 N–H and O–H groups in total. The van der Waals surface area contributed by atoms with Crippen LogP contribution in [0.25, 0.3) is 0 Å². The van der Waals surface area contributed by atoms with Crippen LogP contribution in [0, 0.1) is 0 Å². The van der Waals surface area contributed by atoms with E-state index in [4.69, 9.17) is 0 Å². The van der Waals surface area contributed by atoms with Crippen LogP contribution in [0.4, 0.5) is 0 Å². The number of aryl methyl sites for hydroxylation is 1. The number of nitrogens with one attached hydrogen (secondary N) is 1. The van der Waals surface area contributed by atoms with Gasteiger partial charge in [0.1, 0.15) is 0 Å². The van der Waals surface area contributed by atoms with Crippen LogP contribution in [0.2, 0.25) is 0 Å². The van der Waals surface area contributed by atoms with Crippen molar-refractivity contribution in [3.63, 3.8) is 0 Å². The number of hydrogen-bond acceptors (Lipinski definition) is 2. The predicted molar refractivity (Wildman–Crippen MR) is 71.5 cm³/mol. The zero-order chi connectivity index (χ0) is 11.8. The first-order chi connectivity index (χ1) is 7.68. The molecule has 0 aromatic carbocycles. The molecule has 0 aliphatic carbocycles. The molecule has 0 aliphatic heterocycles. The third kappa shape index (κ3) is 6.28. The van der Waals surface area contributed by atoms with Crippen LogP contribution in [0.15, 0.2) is 16.9 Å². The van der Waals surface area contributed by atoms with Crippen molar-refractivity contribution < 1.29 is 0 Å². The van der Waals surface area contributed by atoms with Gasteiger partial charge < -0.3 is 5.32 Å². The maximum Gasteiger partial charge on any atom is 0.0632 e. The van der Waals surface area contributed by atoms with Gasteiger partial charge in [0, 0.05) is 18.8 Å². The molecule has 92 valence electrons. The lowest BCUT2D eigenvalue weighted by atomic mass is 10.2. The van der Waals surface area contributed by atoms with Gasteiger partial charge in [-0.3, -0.25) is 4.68 Å². The molecule has 4 heteroatoms. The summed E-state index contributed by atoms with van der Waals surface area (Å²) in [7, 11) is 0. The fourth-order valence-electron chi connectivity index (χ4n) is 1.60. The van der Waals surface area contributed by atoms with Gasteiger partial charge in [-0.25, -0.2) is 0 Å². The van der Waals surface area contributed by atoms with Gasteiger partial charge in [-0.1, -0.05) is 26.7 Å². The Morgan fingerprint density at radius 2 is 2.06 bits per heavy atom. The summed E-state index contributed by atoms with van der Waals surface area (Å²) in [6.45, 7) is 6.55. The maximum absolute atomic E-state index is 4.23. The Labute approximate surface area is 107 Å². The first kappa shape index (κ1) is 13.7. The van der Waals surface area contributed by atoms with Crippen LogP contribution < -0.4 is 5.32 Å². The van der Waals surface area contributed by atoms with Crippen molar-refractivity contribution in [2.24, 2.45) is 0 Å². The van der Waals surface area contributed by atoms with Crippen molar-refractivity contribution in [2.45, 2.75) is 52.1 Å². The van der Waals surface area contributed by atoms with E-state index in [1.165, 1.54) is 25.7 Å². The van der Waals surface area contributed by atoms with Crippen LogP contribution >= 0.6 is 15.9 Å². The largest absolute Gasteiger partial charge is 0.315 e. The lowest BCUT2D eigenvalue weighted by molar-refractivity contribution is 0.510. The quantitative estimate of drug-likeness (QED) is 0.744. The third-order valence-corrected chi connectivity index (χ3v) is 2.88. The van der Waals surface area contributed by atoms with Gasteiger partial charge in [0.15, 0.2) is 0 Å². The molecule has 0 atom stereocenters. The van der Waals surface area contributed by atoms with E-state index in [-0.39, 0.29) is 0 Å². The highest BCUT2D eigenvalue weighted by Crippen LogP contribution is 2.08. The molecule has 1 rings (SSSR count). The molecular weight excluding hydrogens is 266 g/mol. The van der Waals surface area contributed by atoms with Crippen molar-refractivity contribution in [1.29, 1.82) is 0 Å². The minimum atomic E-state index is 0.612. The summed E-state index contributed by atoms with van der Waals surface area (Å²) < 4.78 is 3.06. The van der Waals surface area contributed by atoms with Crippen molar-refractivity contribution >= 4 is 15.9 Å². The van der Waals surface area contributed by atoms with Gasteiger partial charge in [0.05, 0.1) is 10.7 Å². The van der Waals surface area contributed by atoms with Gasteiger partial charge in [0.25, 0.3) is 0 Å². The highest BCUT2D eigenvalue weighted by Gasteiger charge is 1.96. The summed E-state index contributed by atoms with van der Waals surface area (Å²) in [5.41, 5.74) is 0. The maximum atomic E-state index is 4.23. The zero-order valence-corrected chi connectivity index (χ0v) is 11.8. The van der Waals surface area contributed by atoms with Gasteiger partial charge in [-0.15, -0.1) is 0 Å². The summed E-state index contributed by atoms with van der Waals surface area (Å²) in [5, 5.41) is 7.66. The number of rotatable bonds is 8. The molecule has 0 bridgehead atoms. The Bertz CT molecular complexity index is 284. The smallest absolute Gasteiger partial charge is 0.0632 e. The molecule has 1 aromatic heterocycles. The molecule has 0 aliphatic rings. The molecule has 0 radical (unpaired) electrons. The van der Waals surface area contributed by atoms with Crippen molar-refractivity contribution in [1.82, 2.24) is 15.1 Å². The second-order valence-electron chi connectivity index (χ2n) is 4.44. The van der Waals surface area contributed by atoms with E-state index < -0.39 is 0 Å². The second-order valence-corrected chi connectivity index (χ2v) is 5.36. The van der Waals surface area contributed by atoms with Crippen LogP contribution in [-0.2, 0) is 6.54 Å². The zero-order valence-electron chi connectivity index (χ0n) is 10.2. The molecule has 0 unspecified atom stereocenters. The monoisotopic (exact) mass is 287 g/mol. The number of halogens is 1. The first-order valence-corrected chi connectivity index (χ1v) is 6.89. The van der Waals surface area contributed by atoms with E-state index in [0.717, 1.165) is 17.6 Å². The molecule has 1 aromatic rings. The summed E-state index contributed by atoms with van der Waals surface area (Å²) in [5.74, 6) is 0. The Morgan fingerprint density at radius 3 is 2.69 bits per heavy atom. The average molecular weight is 288 g/mol. The number of hydrogen-bond donors (Lipinski definition) is 1. The predicted octanol–water partition coefficient (Wildman–Crippen LogP) is 3.20. The van der Waals surface area contributed by atoms with E-state index in [9.17, 15) is 0 Å². The molecule has 3 nitrogen and oxygen atoms in total. The molecule has 16 heavy (non-hydrogen) atoms. The lowest BCUT2D eigenvalue weighted by Gasteiger charge is -2.07. The number of nitrogens with zero attached hydrogens (tertiary/aromatic N) is 2. The van der Waals surface area contributed by atoms with Crippen LogP contribution in [0.3, 0.4) is 0 Å². The van der Waals surface area contributed by atoms with Gasteiger partial charge in [-0.05, 0) is 35.3 Å². The summed E-state index contributed by atoms with van der Waals surface area (Å²) in [4.78, 5) is 0. The molecule has 0 amide bonds. The Hall–Kier alpha value is -0.350. The summed E-state index contributed by atoms with van der Waals surface area (Å²) in [6.07, 6.45) is 8.96. The Kier molecular flexibility index (Phi) is 6.73. The fourth-order valence-corrected chi connectivity index (χ4v) is 1.93. The normalized spacial score (nSPS) is 11.2. The first-order valence-electron chi connectivity index (χ1n) is 6.10. The minimum absolute atomic E-state index is 0.612. The molecule has 0 spiro atoms. The lowest BCUT2D eigenvalue weighted by Crippen LogP contribution is -2.23. The second kappa shape index (κ2) is 7.85. The molecule has 1 heterocycles. The molecular formula is C12H22BrN3. The minimum Gasteiger partial charge on any atom is -0.315 e. The molecule has 0 saturated carbocycles.